The van der Waals surface area contributed by atoms with Crippen LogP contribution in [-0.4, -0.2) is 20.2 Å². The first kappa shape index (κ1) is 10.7. The van der Waals surface area contributed by atoms with E-state index in [0.717, 1.165) is 22.5 Å². The molecule has 0 aliphatic carbocycles. The van der Waals surface area contributed by atoms with Gasteiger partial charge in [-0.3, -0.25) is 9.97 Å². The van der Waals surface area contributed by atoms with Crippen molar-refractivity contribution in [3.05, 3.63) is 47.8 Å². The lowest BCUT2D eigenvalue weighted by atomic mass is 10.2. The third-order valence-corrected chi connectivity index (χ3v) is 2.28. The van der Waals surface area contributed by atoms with E-state index >= 15 is 0 Å². The van der Waals surface area contributed by atoms with E-state index in [1.165, 1.54) is 0 Å². The zero-order valence-electron chi connectivity index (χ0n) is 8.67. The molecule has 0 aliphatic heterocycles. The molecule has 2 aromatic rings. The second-order valence-electron chi connectivity index (χ2n) is 3.42. The summed E-state index contributed by atoms with van der Waals surface area (Å²) >= 11 is 0. The molecular weight excluding hydrogens is 204 g/mol. The Kier molecular flexibility index (Phi) is 3.24. The minimum Gasteiger partial charge on any atom is -0.392 e. The van der Waals surface area contributed by atoms with Gasteiger partial charge in [-0.2, -0.15) is 0 Å². The zero-order chi connectivity index (χ0) is 11.4. The summed E-state index contributed by atoms with van der Waals surface area (Å²) in [4.78, 5) is 8.38. The molecule has 0 unspecified atom stereocenters. The lowest BCUT2D eigenvalue weighted by Crippen LogP contribution is -1.91. The molecule has 4 heteroatoms. The lowest BCUT2D eigenvalue weighted by molar-refractivity contribution is 0.281. The number of nitrogens with zero attached hydrogens (tertiary/aromatic N) is 2. The smallest absolute Gasteiger partial charge is 0.0886 e. The molecule has 0 atom stereocenters. The molecule has 0 amide bonds. The molecule has 2 heterocycles. The highest BCUT2D eigenvalue weighted by Crippen LogP contribution is 2.14. The van der Waals surface area contributed by atoms with Crippen LogP contribution < -0.4 is 0 Å². The van der Waals surface area contributed by atoms with Gasteiger partial charge in [0.25, 0.3) is 0 Å². The number of pyridine rings is 2. The van der Waals surface area contributed by atoms with Gasteiger partial charge < -0.3 is 10.2 Å². The number of hydrogen-bond donors (Lipinski definition) is 2. The van der Waals surface area contributed by atoms with Crippen LogP contribution in [-0.2, 0) is 13.2 Å². The summed E-state index contributed by atoms with van der Waals surface area (Å²) in [6, 6.07) is 7.24. The van der Waals surface area contributed by atoms with E-state index in [0.29, 0.717) is 0 Å². The van der Waals surface area contributed by atoms with E-state index in [1.54, 1.807) is 12.4 Å². The van der Waals surface area contributed by atoms with Crippen LogP contribution in [0.5, 0.6) is 0 Å². The van der Waals surface area contributed by atoms with Crippen LogP contribution in [0.25, 0.3) is 11.4 Å². The Hall–Kier alpha value is -1.78. The van der Waals surface area contributed by atoms with Crippen molar-refractivity contribution in [1.82, 2.24) is 9.97 Å². The minimum absolute atomic E-state index is 0.00976. The second kappa shape index (κ2) is 4.83. The Bertz CT molecular complexity index is 406. The van der Waals surface area contributed by atoms with E-state index in [2.05, 4.69) is 9.97 Å². The lowest BCUT2D eigenvalue weighted by Gasteiger charge is -2.02. The molecule has 0 saturated heterocycles. The van der Waals surface area contributed by atoms with Crippen molar-refractivity contribution in [3.63, 3.8) is 0 Å². The van der Waals surface area contributed by atoms with Crippen LogP contribution in [0.3, 0.4) is 0 Å². The van der Waals surface area contributed by atoms with Crippen LogP contribution in [0.15, 0.2) is 36.7 Å². The average Bonchev–Trinajstić information content (AvgIpc) is 2.39. The fourth-order valence-corrected chi connectivity index (χ4v) is 1.34. The quantitative estimate of drug-likeness (QED) is 0.807. The Morgan fingerprint density at radius 3 is 1.44 bits per heavy atom. The highest BCUT2D eigenvalue weighted by Gasteiger charge is 2.01. The van der Waals surface area contributed by atoms with Gasteiger partial charge in [0.15, 0.2) is 0 Å². The van der Waals surface area contributed by atoms with E-state index in [1.807, 2.05) is 24.3 Å². The fraction of sp³-hybridized carbons (Fsp3) is 0.167. The van der Waals surface area contributed by atoms with Crippen molar-refractivity contribution in [2.45, 2.75) is 13.2 Å². The minimum atomic E-state index is -0.00976. The second-order valence-corrected chi connectivity index (χ2v) is 3.42. The molecule has 0 spiro atoms. The van der Waals surface area contributed by atoms with Gasteiger partial charge in [-0.25, -0.2) is 0 Å². The number of aromatic nitrogens is 2. The molecule has 2 N–H and O–H groups in total. The predicted molar refractivity (Wildman–Crippen MR) is 59.3 cm³/mol. The summed E-state index contributed by atoms with van der Waals surface area (Å²) in [6.45, 7) is -0.0195. The third kappa shape index (κ3) is 2.24. The molecule has 16 heavy (non-hydrogen) atoms. The number of rotatable bonds is 3. The maximum Gasteiger partial charge on any atom is 0.0886 e. The Morgan fingerprint density at radius 1 is 0.750 bits per heavy atom. The largest absolute Gasteiger partial charge is 0.392 e. The number of aliphatic hydroxyl groups is 2. The van der Waals surface area contributed by atoms with Crippen LogP contribution in [0.4, 0.5) is 0 Å². The molecule has 0 radical (unpaired) electrons. The van der Waals surface area contributed by atoms with Crippen LogP contribution in [0.1, 0.15) is 11.1 Å². The topological polar surface area (TPSA) is 66.2 Å². The van der Waals surface area contributed by atoms with Gasteiger partial charge in [0.2, 0.25) is 0 Å². The Balaban J connectivity index is 2.28. The fourth-order valence-electron chi connectivity index (χ4n) is 1.34. The first-order chi connectivity index (χ1) is 7.83. The monoisotopic (exact) mass is 216 g/mol. The van der Waals surface area contributed by atoms with Crippen molar-refractivity contribution >= 4 is 0 Å². The molecule has 0 bridgehead atoms. The van der Waals surface area contributed by atoms with Crippen molar-refractivity contribution in [1.29, 1.82) is 0 Å². The van der Waals surface area contributed by atoms with Gasteiger partial charge in [-0.1, -0.05) is 12.1 Å². The first-order valence-electron chi connectivity index (χ1n) is 4.95. The highest BCUT2D eigenvalue weighted by molar-refractivity contribution is 5.53. The molecule has 82 valence electrons. The Morgan fingerprint density at radius 2 is 1.19 bits per heavy atom. The molecule has 0 aromatic carbocycles. The van der Waals surface area contributed by atoms with Gasteiger partial charge in [0, 0.05) is 12.4 Å². The normalized spacial score (nSPS) is 10.4. The van der Waals surface area contributed by atoms with Crippen LogP contribution in [0, 0.1) is 0 Å². The van der Waals surface area contributed by atoms with E-state index in [9.17, 15) is 0 Å². The van der Waals surface area contributed by atoms with Crippen molar-refractivity contribution < 1.29 is 10.2 Å². The molecule has 4 nitrogen and oxygen atoms in total. The standard InChI is InChI=1S/C12H12N2O2/c15-7-9-1-3-11(13-5-9)12-4-2-10(8-16)6-14-12/h1-6,15-16H,7-8H2. The van der Waals surface area contributed by atoms with Gasteiger partial charge in [0.1, 0.15) is 0 Å². The van der Waals surface area contributed by atoms with Crippen LogP contribution in [0.2, 0.25) is 0 Å². The summed E-state index contributed by atoms with van der Waals surface area (Å²) in [5.41, 5.74) is 3.05. The zero-order valence-corrected chi connectivity index (χ0v) is 8.67. The highest BCUT2D eigenvalue weighted by atomic mass is 16.3. The SMILES string of the molecule is OCc1ccc(-c2ccc(CO)cn2)nc1. The third-order valence-electron chi connectivity index (χ3n) is 2.28. The van der Waals surface area contributed by atoms with Gasteiger partial charge >= 0.3 is 0 Å². The van der Waals surface area contributed by atoms with Crippen molar-refractivity contribution in [2.75, 3.05) is 0 Å². The summed E-state index contributed by atoms with van der Waals surface area (Å²) in [7, 11) is 0. The predicted octanol–water partition coefficient (Wildman–Crippen LogP) is 1.13. The van der Waals surface area contributed by atoms with E-state index < -0.39 is 0 Å². The van der Waals surface area contributed by atoms with Crippen LogP contribution >= 0.6 is 0 Å². The summed E-state index contributed by atoms with van der Waals surface area (Å²) < 4.78 is 0. The molecule has 0 saturated carbocycles. The number of hydrogen-bond acceptors (Lipinski definition) is 4. The molecular formula is C12H12N2O2. The van der Waals surface area contributed by atoms with Crippen molar-refractivity contribution in [2.24, 2.45) is 0 Å². The Labute approximate surface area is 93.2 Å². The molecule has 0 fully saturated rings. The number of aliphatic hydroxyl groups excluding tert-OH is 2. The summed E-state index contributed by atoms with van der Waals surface area (Å²) in [5, 5.41) is 17.8. The maximum absolute atomic E-state index is 8.88. The van der Waals surface area contributed by atoms with Gasteiger partial charge in [-0.15, -0.1) is 0 Å². The maximum atomic E-state index is 8.88. The molecule has 2 rings (SSSR count). The van der Waals surface area contributed by atoms with Crippen molar-refractivity contribution in [3.8, 4) is 11.4 Å². The van der Waals surface area contributed by atoms with E-state index in [-0.39, 0.29) is 13.2 Å². The molecule has 2 aromatic heterocycles. The summed E-state index contributed by atoms with van der Waals surface area (Å²) in [6.07, 6.45) is 3.24. The van der Waals surface area contributed by atoms with Gasteiger partial charge in [0.05, 0.1) is 24.6 Å². The van der Waals surface area contributed by atoms with E-state index in [4.69, 9.17) is 10.2 Å². The molecule has 0 aliphatic rings. The van der Waals surface area contributed by atoms with Gasteiger partial charge in [-0.05, 0) is 23.3 Å². The first-order valence-corrected chi connectivity index (χ1v) is 4.95. The summed E-state index contributed by atoms with van der Waals surface area (Å²) in [5.74, 6) is 0. The average molecular weight is 216 g/mol.